The average Bonchev–Trinajstić information content (AvgIpc) is 2.74. The number of rotatable bonds is 7. The molecule has 0 spiro atoms. The normalized spacial score (nSPS) is 18.6. The van der Waals surface area contributed by atoms with Crippen LogP contribution < -0.4 is 24.7 Å². The van der Waals surface area contributed by atoms with Crippen LogP contribution in [-0.2, 0) is 16.0 Å². The molecule has 0 saturated carbocycles. The predicted molar refractivity (Wildman–Crippen MR) is 100 cm³/mol. The first-order valence-electron chi connectivity index (χ1n) is 8.68. The van der Waals surface area contributed by atoms with Gasteiger partial charge >= 0.3 is 6.16 Å². The molecule has 28 heavy (non-hydrogen) atoms. The second kappa shape index (κ2) is 8.71. The van der Waals surface area contributed by atoms with Crippen LogP contribution in [0.3, 0.4) is 0 Å². The molecule has 2 aromatic rings. The van der Waals surface area contributed by atoms with E-state index in [4.69, 9.17) is 34.2 Å². The van der Waals surface area contributed by atoms with Crippen molar-refractivity contribution in [1.29, 1.82) is 0 Å². The summed E-state index contributed by atoms with van der Waals surface area (Å²) < 4.78 is 32.5. The molecule has 0 aromatic heterocycles. The number of hydrogen-bond donors (Lipinski definition) is 1. The molecule has 3 rings (SSSR count). The molecule has 2 unspecified atom stereocenters. The average molecular weight is 389 g/mol. The number of nitrogens with two attached hydrogens (primary N) is 1. The van der Waals surface area contributed by atoms with E-state index in [0.717, 1.165) is 5.56 Å². The van der Waals surface area contributed by atoms with Gasteiger partial charge in [-0.3, -0.25) is 0 Å². The van der Waals surface area contributed by atoms with Crippen molar-refractivity contribution in [3.63, 3.8) is 0 Å². The summed E-state index contributed by atoms with van der Waals surface area (Å²) in [4.78, 5) is 11.7. The van der Waals surface area contributed by atoms with Gasteiger partial charge in [0, 0.05) is 12.1 Å². The van der Waals surface area contributed by atoms with E-state index in [9.17, 15) is 4.79 Å². The lowest BCUT2D eigenvalue weighted by Crippen LogP contribution is -2.39. The van der Waals surface area contributed by atoms with Crippen LogP contribution in [0.15, 0.2) is 36.4 Å². The second-order valence-electron chi connectivity index (χ2n) is 6.06. The molecular formula is C20H23NO7. The van der Waals surface area contributed by atoms with Crippen molar-refractivity contribution in [2.45, 2.75) is 18.8 Å². The van der Waals surface area contributed by atoms with Gasteiger partial charge in [-0.05, 0) is 29.8 Å². The van der Waals surface area contributed by atoms with Crippen LogP contribution in [0.4, 0.5) is 4.79 Å². The van der Waals surface area contributed by atoms with Crippen molar-refractivity contribution < 1.29 is 33.2 Å². The lowest BCUT2D eigenvalue weighted by Gasteiger charge is -2.32. The molecule has 2 aromatic carbocycles. The molecule has 1 aliphatic rings. The summed E-state index contributed by atoms with van der Waals surface area (Å²) >= 11 is 0. The zero-order valence-corrected chi connectivity index (χ0v) is 16.0. The molecule has 1 aliphatic heterocycles. The summed E-state index contributed by atoms with van der Waals surface area (Å²) in [7, 11) is 4.64. The van der Waals surface area contributed by atoms with Crippen LogP contribution in [0.25, 0.3) is 0 Å². The molecular weight excluding hydrogens is 366 g/mol. The fourth-order valence-electron chi connectivity index (χ4n) is 2.96. The topological polar surface area (TPSA) is 98.5 Å². The fraction of sp³-hybridized carbons (Fsp3) is 0.350. The number of hydrogen-bond acceptors (Lipinski definition) is 8. The molecule has 0 aliphatic carbocycles. The van der Waals surface area contributed by atoms with E-state index < -0.39 is 18.4 Å². The maximum absolute atomic E-state index is 11.7. The van der Waals surface area contributed by atoms with Gasteiger partial charge in [-0.25, -0.2) is 4.79 Å². The van der Waals surface area contributed by atoms with E-state index in [-0.39, 0.29) is 6.61 Å². The molecule has 2 atom stereocenters. The summed E-state index contributed by atoms with van der Waals surface area (Å²) in [5, 5.41) is 0. The van der Waals surface area contributed by atoms with Crippen molar-refractivity contribution in [3.8, 4) is 23.0 Å². The van der Waals surface area contributed by atoms with Crippen LogP contribution >= 0.6 is 0 Å². The second-order valence-corrected chi connectivity index (χ2v) is 6.06. The highest BCUT2D eigenvalue weighted by atomic mass is 16.8. The Morgan fingerprint density at radius 3 is 2.32 bits per heavy atom. The first kappa shape index (κ1) is 19.6. The highest BCUT2D eigenvalue weighted by Gasteiger charge is 2.36. The predicted octanol–water partition coefficient (Wildman–Crippen LogP) is 2.83. The lowest BCUT2D eigenvalue weighted by molar-refractivity contribution is -0.0904. The minimum atomic E-state index is -0.759. The van der Waals surface area contributed by atoms with Gasteiger partial charge in [0.05, 0.1) is 21.3 Å². The van der Waals surface area contributed by atoms with E-state index in [1.807, 2.05) is 6.07 Å². The van der Waals surface area contributed by atoms with E-state index >= 15 is 0 Å². The standard InChI is InChI=1S/C20H23NO7/c1-23-14-7-5-13(9-17(14)25-3)19-18(11-26-20(22)28-19)27-15-6-4-12(10-21)8-16(15)24-2/h4-9,18-19H,10-11,21H2,1-3H3. The van der Waals surface area contributed by atoms with Crippen LogP contribution in [0, 0.1) is 0 Å². The highest BCUT2D eigenvalue weighted by molar-refractivity contribution is 5.61. The monoisotopic (exact) mass is 389 g/mol. The molecule has 2 N–H and O–H groups in total. The minimum Gasteiger partial charge on any atom is -0.493 e. The van der Waals surface area contributed by atoms with Crippen LogP contribution in [0.2, 0.25) is 0 Å². The van der Waals surface area contributed by atoms with E-state index in [1.165, 1.54) is 7.11 Å². The van der Waals surface area contributed by atoms with Gasteiger partial charge in [-0.2, -0.15) is 0 Å². The summed E-state index contributed by atoms with van der Waals surface area (Å²) in [6.07, 6.45) is -2.04. The van der Waals surface area contributed by atoms with Gasteiger partial charge in [0.1, 0.15) is 6.61 Å². The van der Waals surface area contributed by atoms with Gasteiger partial charge in [0.2, 0.25) is 0 Å². The van der Waals surface area contributed by atoms with Crippen LogP contribution in [0.5, 0.6) is 23.0 Å². The Hall–Kier alpha value is -3.13. The van der Waals surface area contributed by atoms with E-state index in [1.54, 1.807) is 44.6 Å². The Kier molecular flexibility index (Phi) is 6.10. The van der Waals surface area contributed by atoms with Gasteiger partial charge in [-0.1, -0.05) is 12.1 Å². The van der Waals surface area contributed by atoms with Crippen molar-refractivity contribution in [2.75, 3.05) is 27.9 Å². The third kappa shape index (κ3) is 4.07. The maximum Gasteiger partial charge on any atom is 0.509 e. The zero-order valence-electron chi connectivity index (χ0n) is 16.0. The van der Waals surface area contributed by atoms with E-state index in [0.29, 0.717) is 35.1 Å². The Balaban J connectivity index is 1.90. The van der Waals surface area contributed by atoms with Crippen LogP contribution in [0.1, 0.15) is 17.2 Å². The fourth-order valence-corrected chi connectivity index (χ4v) is 2.96. The van der Waals surface area contributed by atoms with Gasteiger partial charge in [-0.15, -0.1) is 0 Å². The quantitative estimate of drug-likeness (QED) is 0.722. The maximum atomic E-state index is 11.7. The Morgan fingerprint density at radius 2 is 1.64 bits per heavy atom. The van der Waals surface area contributed by atoms with Crippen molar-refractivity contribution in [1.82, 2.24) is 0 Å². The Bertz CT molecular complexity index is 839. The van der Waals surface area contributed by atoms with E-state index in [2.05, 4.69) is 0 Å². The summed E-state index contributed by atoms with van der Waals surface area (Å²) in [6, 6.07) is 10.7. The molecule has 0 radical (unpaired) electrons. The summed E-state index contributed by atoms with van der Waals surface area (Å²) in [5.74, 6) is 2.12. The molecule has 1 fully saturated rings. The molecule has 1 saturated heterocycles. The van der Waals surface area contributed by atoms with Crippen LogP contribution in [-0.4, -0.2) is 40.2 Å². The minimum absolute atomic E-state index is 0.0274. The summed E-state index contributed by atoms with van der Waals surface area (Å²) in [5.41, 5.74) is 7.28. The third-order valence-corrected chi connectivity index (χ3v) is 4.40. The molecule has 0 bridgehead atoms. The van der Waals surface area contributed by atoms with Gasteiger partial charge in [0.15, 0.2) is 35.2 Å². The number of cyclic esters (lactones) is 2. The first-order valence-corrected chi connectivity index (χ1v) is 8.68. The van der Waals surface area contributed by atoms with Crippen molar-refractivity contribution in [3.05, 3.63) is 47.5 Å². The molecule has 8 heteroatoms. The largest absolute Gasteiger partial charge is 0.509 e. The molecule has 150 valence electrons. The van der Waals surface area contributed by atoms with Gasteiger partial charge in [0.25, 0.3) is 0 Å². The third-order valence-electron chi connectivity index (χ3n) is 4.40. The SMILES string of the molecule is COc1ccc(C2OC(=O)OCC2Oc2ccc(CN)cc2OC)cc1OC. The van der Waals surface area contributed by atoms with Crippen molar-refractivity contribution in [2.24, 2.45) is 5.73 Å². The zero-order chi connectivity index (χ0) is 20.1. The smallest absolute Gasteiger partial charge is 0.493 e. The molecule has 1 heterocycles. The Morgan fingerprint density at radius 1 is 0.964 bits per heavy atom. The number of carbonyl (C=O) groups excluding carboxylic acids is 1. The molecule has 8 nitrogen and oxygen atoms in total. The Labute approximate surface area is 163 Å². The molecule has 0 amide bonds. The highest BCUT2D eigenvalue weighted by Crippen LogP contribution is 2.37. The number of benzene rings is 2. The number of methoxy groups -OCH3 is 3. The van der Waals surface area contributed by atoms with Crippen molar-refractivity contribution >= 4 is 6.16 Å². The number of ether oxygens (including phenoxy) is 6. The lowest BCUT2D eigenvalue weighted by atomic mass is 10.0. The first-order chi connectivity index (χ1) is 13.6. The summed E-state index contributed by atoms with van der Waals surface area (Å²) in [6.45, 7) is 0.411. The van der Waals surface area contributed by atoms with Gasteiger partial charge < -0.3 is 34.2 Å². The number of carbonyl (C=O) groups is 1.